The molecule has 1 saturated heterocycles. The quantitative estimate of drug-likeness (QED) is 0.841. The topological polar surface area (TPSA) is 69.6 Å². The highest BCUT2D eigenvalue weighted by Gasteiger charge is 2.30. The fourth-order valence-corrected chi connectivity index (χ4v) is 3.57. The standard InChI is InChI=1S/C16H28N2O3/c1-11-4-3-9-18(12(11)2)16(21)17-10-13-5-7-14(8-6-13)15(19)20/h11-14H,3-10H2,1-2H3,(H,17,21)(H,19,20). The van der Waals surface area contributed by atoms with E-state index in [4.69, 9.17) is 5.11 Å². The lowest BCUT2D eigenvalue weighted by Crippen LogP contribution is -2.51. The van der Waals surface area contributed by atoms with Gasteiger partial charge in [0.1, 0.15) is 0 Å². The largest absolute Gasteiger partial charge is 0.481 e. The molecule has 1 aliphatic carbocycles. The molecule has 2 fully saturated rings. The predicted octanol–water partition coefficient (Wildman–Crippen LogP) is 2.71. The van der Waals surface area contributed by atoms with Gasteiger partial charge in [0.25, 0.3) is 0 Å². The number of rotatable bonds is 3. The zero-order valence-corrected chi connectivity index (χ0v) is 13.2. The second-order valence-corrected chi connectivity index (χ2v) is 6.80. The van der Waals surface area contributed by atoms with E-state index in [1.165, 1.54) is 6.42 Å². The van der Waals surface area contributed by atoms with Gasteiger partial charge in [-0.3, -0.25) is 4.79 Å². The summed E-state index contributed by atoms with van der Waals surface area (Å²) < 4.78 is 0. The number of carbonyl (C=O) groups excluding carboxylic acids is 1. The highest BCUT2D eigenvalue weighted by molar-refractivity contribution is 5.74. The first-order valence-electron chi connectivity index (χ1n) is 8.26. The zero-order valence-electron chi connectivity index (χ0n) is 13.2. The lowest BCUT2D eigenvalue weighted by Gasteiger charge is -2.38. The number of nitrogens with zero attached hydrogens (tertiary/aromatic N) is 1. The molecular formula is C16H28N2O3. The Labute approximate surface area is 127 Å². The molecule has 5 nitrogen and oxygen atoms in total. The number of aliphatic carboxylic acids is 1. The van der Waals surface area contributed by atoms with Crippen LogP contribution in [0.2, 0.25) is 0 Å². The van der Waals surface area contributed by atoms with Crippen molar-refractivity contribution >= 4 is 12.0 Å². The smallest absolute Gasteiger partial charge is 0.317 e. The van der Waals surface area contributed by atoms with Crippen LogP contribution in [0.5, 0.6) is 0 Å². The van der Waals surface area contributed by atoms with Crippen LogP contribution >= 0.6 is 0 Å². The monoisotopic (exact) mass is 296 g/mol. The molecular weight excluding hydrogens is 268 g/mol. The Morgan fingerprint density at radius 3 is 2.43 bits per heavy atom. The van der Waals surface area contributed by atoms with Crippen LogP contribution in [0.25, 0.3) is 0 Å². The van der Waals surface area contributed by atoms with E-state index in [1.807, 2.05) is 4.90 Å². The molecule has 0 spiro atoms. The van der Waals surface area contributed by atoms with Crippen molar-refractivity contribution in [2.45, 2.75) is 58.4 Å². The lowest BCUT2D eigenvalue weighted by molar-refractivity contribution is -0.143. The molecule has 0 bridgehead atoms. The average Bonchev–Trinajstić information content (AvgIpc) is 2.48. The molecule has 2 rings (SSSR count). The maximum absolute atomic E-state index is 12.3. The summed E-state index contributed by atoms with van der Waals surface area (Å²) in [4.78, 5) is 25.2. The van der Waals surface area contributed by atoms with Gasteiger partial charge in [-0.05, 0) is 57.3 Å². The van der Waals surface area contributed by atoms with Crippen molar-refractivity contribution in [1.82, 2.24) is 10.2 Å². The Balaban J connectivity index is 1.73. The van der Waals surface area contributed by atoms with Crippen LogP contribution < -0.4 is 5.32 Å². The van der Waals surface area contributed by atoms with E-state index < -0.39 is 5.97 Å². The third-order valence-electron chi connectivity index (χ3n) is 5.37. The van der Waals surface area contributed by atoms with Gasteiger partial charge in [0.2, 0.25) is 0 Å². The van der Waals surface area contributed by atoms with Crippen molar-refractivity contribution in [3.8, 4) is 0 Å². The lowest BCUT2D eigenvalue weighted by atomic mass is 9.82. The Kier molecular flexibility index (Phi) is 5.48. The molecule has 2 atom stereocenters. The van der Waals surface area contributed by atoms with E-state index in [0.717, 1.165) is 38.6 Å². The Morgan fingerprint density at radius 2 is 1.81 bits per heavy atom. The molecule has 2 amide bonds. The van der Waals surface area contributed by atoms with Crippen LogP contribution in [0, 0.1) is 17.8 Å². The summed E-state index contributed by atoms with van der Waals surface area (Å²) in [6, 6.07) is 0.357. The van der Waals surface area contributed by atoms with Crippen molar-refractivity contribution in [2.24, 2.45) is 17.8 Å². The van der Waals surface area contributed by atoms with Gasteiger partial charge in [-0.1, -0.05) is 6.92 Å². The Bertz CT molecular complexity index is 378. The number of urea groups is 1. The molecule has 2 aliphatic rings. The number of hydrogen-bond acceptors (Lipinski definition) is 2. The van der Waals surface area contributed by atoms with E-state index in [1.54, 1.807) is 0 Å². The summed E-state index contributed by atoms with van der Waals surface area (Å²) in [5, 5.41) is 12.0. The first-order chi connectivity index (χ1) is 9.99. The Morgan fingerprint density at radius 1 is 1.14 bits per heavy atom. The van der Waals surface area contributed by atoms with Gasteiger partial charge in [-0.25, -0.2) is 4.79 Å². The number of carbonyl (C=O) groups is 2. The van der Waals surface area contributed by atoms with Crippen LogP contribution in [-0.2, 0) is 4.79 Å². The third kappa shape index (κ3) is 4.11. The maximum Gasteiger partial charge on any atom is 0.317 e. The molecule has 2 unspecified atom stereocenters. The minimum atomic E-state index is -0.673. The highest BCUT2D eigenvalue weighted by atomic mass is 16.4. The summed E-state index contributed by atoms with van der Waals surface area (Å²) in [5.74, 6) is 0.145. The van der Waals surface area contributed by atoms with Gasteiger partial charge < -0.3 is 15.3 Å². The van der Waals surface area contributed by atoms with Crippen LogP contribution in [0.3, 0.4) is 0 Å². The van der Waals surface area contributed by atoms with Crippen LogP contribution in [0.15, 0.2) is 0 Å². The molecule has 5 heteroatoms. The van der Waals surface area contributed by atoms with Crippen molar-refractivity contribution in [3.63, 3.8) is 0 Å². The molecule has 1 aliphatic heterocycles. The van der Waals surface area contributed by atoms with Crippen molar-refractivity contribution in [1.29, 1.82) is 0 Å². The second-order valence-electron chi connectivity index (χ2n) is 6.80. The number of likely N-dealkylation sites (tertiary alicyclic amines) is 1. The molecule has 0 aromatic rings. The van der Waals surface area contributed by atoms with Gasteiger partial charge in [0, 0.05) is 19.1 Å². The SMILES string of the molecule is CC1CCCN(C(=O)NCC2CCC(C(=O)O)CC2)C1C. The molecule has 0 aromatic carbocycles. The summed E-state index contributed by atoms with van der Waals surface area (Å²) in [6.07, 6.45) is 5.58. The van der Waals surface area contributed by atoms with E-state index in [2.05, 4.69) is 19.2 Å². The minimum absolute atomic E-state index is 0.0504. The normalized spacial score (nSPS) is 33.5. The molecule has 21 heavy (non-hydrogen) atoms. The van der Waals surface area contributed by atoms with Crippen LogP contribution in [0.4, 0.5) is 4.79 Å². The second kappa shape index (κ2) is 7.14. The fourth-order valence-electron chi connectivity index (χ4n) is 3.57. The average molecular weight is 296 g/mol. The number of amides is 2. The van der Waals surface area contributed by atoms with Gasteiger partial charge >= 0.3 is 12.0 Å². The molecule has 1 saturated carbocycles. The molecule has 120 valence electrons. The summed E-state index contributed by atoms with van der Waals surface area (Å²) in [7, 11) is 0. The number of carboxylic acid groups (broad SMARTS) is 1. The van der Waals surface area contributed by atoms with Crippen molar-refractivity contribution in [2.75, 3.05) is 13.1 Å². The molecule has 0 aromatic heterocycles. The van der Waals surface area contributed by atoms with Gasteiger partial charge in [0.15, 0.2) is 0 Å². The summed E-state index contributed by atoms with van der Waals surface area (Å²) >= 11 is 0. The number of carboxylic acids is 1. The number of piperidine rings is 1. The maximum atomic E-state index is 12.3. The molecule has 1 heterocycles. The van der Waals surface area contributed by atoms with Crippen molar-refractivity contribution < 1.29 is 14.7 Å². The van der Waals surface area contributed by atoms with Gasteiger partial charge in [-0.15, -0.1) is 0 Å². The van der Waals surface area contributed by atoms with Crippen LogP contribution in [-0.4, -0.2) is 41.1 Å². The van der Waals surface area contributed by atoms with Gasteiger partial charge in [0.05, 0.1) is 5.92 Å². The third-order valence-corrected chi connectivity index (χ3v) is 5.37. The van der Waals surface area contributed by atoms with Crippen LogP contribution in [0.1, 0.15) is 52.4 Å². The predicted molar refractivity (Wildman–Crippen MR) is 81.0 cm³/mol. The number of nitrogens with one attached hydrogen (secondary N) is 1. The fraction of sp³-hybridized carbons (Fsp3) is 0.875. The van der Waals surface area contributed by atoms with E-state index in [9.17, 15) is 9.59 Å². The highest BCUT2D eigenvalue weighted by Crippen LogP contribution is 2.28. The Hall–Kier alpha value is -1.26. The number of hydrogen-bond donors (Lipinski definition) is 2. The van der Waals surface area contributed by atoms with E-state index >= 15 is 0 Å². The minimum Gasteiger partial charge on any atom is -0.481 e. The first-order valence-corrected chi connectivity index (χ1v) is 8.26. The summed E-state index contributed by atoms with van der Waals surface area (Å²) in [5.41, 5.74) is 0. The van der Waals surface area contributed by atoms with Crippen molar-refractivity contribution in [3.05, 3.63) is 0 Å². The van der Waals surface area contributed by atoms with Gasteiger partial charge in [-0.2, -0.15) is 0 Å². The van der Waals surface area contributed by atoms with E-state index in [-0.39, 0.29) is 11.9 Å². The first kappa shape index (κ1) is 16.1. The molecule has 2 N–H and O–H groups in total. The summed E-state index contributed by atoms with van der Waals surface area (Å²) in [6.45, 7) is 5.87. The van der Waals surface area contributed by atoms with E-state index in [0.29, 0.717) is 24.4 Å². The zero-order chi connectivity index (χ0) is 15.4. The molecule has 0 radical (unpaired) electrons.